The lowest BCUT2D eigenvalue weighted by atomic mass is 9.44. The van der Waals surface area contributed by atoms with Gasteiger partial charge in [0.15, 0.2) is 23.3 Å². The number of rotatable bonds is 37. The quantitative estimate of drug-likeness (QED) is 0.0196. The Morgan fingerprint density at radius 1 is 0.722 bits per heavy atom. The number of aliphatic hydroxyl groups is 1. The molecular formula is C80H100F2N8O18. The molecule has 26 nitrogen and oxygen atoms in total. The molecule has 10 rings (SSSR count). The first kappa shape index (κ1) is 81.2. The average molecular weight is 1500 g/mol. The van der Waals surface area contributed by atoms with Crippen LogP contribution in [0.1, 0.15) is 121 Å². The van der Waals surface area contributed by atoms with E-state index in [4.69, 9.17) is 43.6 Å². The van der Waals surface area contributed by atoms with Gasteiger partial charge in [0, 0.05) is 60.5 Å². The fourth-order valence-electron chi connectivity index (χ4n) is 15.8. The zero-order chi connectivity index (χ0) is 77.2. The highest BCUT2D eigenvalue weighted by Crippen LogP contribution is 2.72. The van der Waals surface area contributed by atoms with Gasteiger partial charge in [0.25, 0.3) is 0 Å². The Bertz CT molecular complexity index is 3950. The van der Waals surface area contributed by atoms with Crippen LogP contribution < -0.4 is 47.3 Å². The molecular weight excluding hydrogens is 1400 g/mol. The standard InChI is InChI=1S/C80H100F2N8O18/c1-6-12-71-107-67-45-59-60-44-62(81)61-43-57(91)30-32-77(61,4)79(60,82)65(92)46-78(59,5)80(67,108-71)66(93)49-105-58-26-24-56(25-27-58)87-76(100)106-48-51-18-22-55(23-19-51)86-73(97)63(16-11-33-85-75(83)99)88-74(98)72(50(2)3)89-69(95)31-35-101-37-39-103-41-42-104-40-38-102-36-34-84-68(94)28-29-70(96)90-47-54-15-8-7-13-52(54)20-21-53-14-9-10-17-64(53)90/h7-10,13-15,17-27,30,32,43,50,59-60,62-63,65,67,71-72,92H,6,11-12,16,28-29,31,33-42,44-49H2,1-5H3,(H,84,94)(H,86,97)(H,87,100)(H,88,98)(H,89,95)(H3,83,85,99)/b21-20-/t59?,60-,62-,63-,65-,67+,71?,72-,77-,78-,79-,80+/m0/s1. The number of carbonyl (C=O) groups excluding carboxylic acids is 9. The number of ether oxygens (including phenoxy) is 8. The summed E-state index contributed by atoms with van der Waals surface area (Å²) in [5.74, 6) is -4.77. The minimum absolute atomic E-state index is 0.00410. The van der Waals surface area contributed by atoms with Crippen LogP contribution in [-0.2, 0) is 79.9 Å². The molecule has 3 saturated carbocycles. The van der Waals surface area contributed by atoms with Crippen molar-refractivity contribution in [3.05, 3.63) is 143 Å². The number of nitrogens with zero attached hydrogens (tertiary/aromatic N) is 1. The number of alkyl halides is 2. The number of amides is 8. The zero-order valence-corrected chi connectivity index (χ0v) is 61.8. The molecule has 9 N–H and O–H groups in total. The Kier molecular flexibility index (Phi) is 28.0. The molecule has 0 spiro atoms. The van der Waals surface area contributed by atoms with Crippen LogP contribution in [0.5, 0.6) is 5.75 Å². The van der Waals surface area contributed by atoms with Crippen LogP contribution in [0.25, 0.3) is 12.2 Å². The molecule has 1 saturated heterocycles. The Morgan fingerprint density at radius 3 is 2.08 bits per heavy atom. The van der Waals surface area contributed by atoms with E-state index in [1.165, 1.54) is 19.1 Å². The Morgan fingerprint density at radius 2 is 1.38 bits per heavy atom. The van der Waals surface area contributed by atoms with Crippen LogP contribution in [0.15, 0.2) is 121 Å². The van der Waals surface area contributed by atoms with Crippen LogP contribution in [0.2, 0.25) is 0 Å². The van der Waals surface area contributed by atoms with E-state index in [-0.39, 0.29) is 133 Å². The third kappa shape index (κ3) is 19.2. The number of hydrogen-bond donors (Lipinski definition) is 8. The van der Waals surface area contributed by atoms with E-state index in [1.807, 2.05) is 61.5 Å². The first-order valence-corrected chi connectivity index (χ1v) is 37.1. The molecule has 6 aliphatic rings. The second-order valence-electron chi connectivity index (χ2n) is 28.8. The van der Waals surface area contributed by atoms with Crippen molar-refractivity contribution < 1.29 is 94.9 Å². The summed E-state index contributed by atoms with van der Waals surface area (Å²) in [5, 5.41) is 28.2. The summed E-state index contributed by atoms with van der Waals surface area (Å²) >= 11 is 0. The number of aliphatic hydroxyl groups excluding tert-OH is 1. The predicted molar refractivity (Wildman–Crippen MR) is 396 cm³/mol. The number of para-hydroxylation sites is 1. The monoisotopic (exact) mass is 1500 g/mol. The normalized spacial score (nSPS) is 25.1. The fraction of sp³-hybridized carbons (Fsp3) is 0.512. The number of allylic oxidation sites excluding steroid dienone is 4. The molecule has 8 amide bonds. The SMILES string of the molecule is CCCC1O[C@@H]2CC3[C@@H]4C[C@H](F)C5=CC(=O)C=C[C@]5(C)[C@@]4(F)[C@@H](O)C[C@]3(C)[C@]2(C(=O)COc2ccc(NC(=O)OCc3ccc(NC(=O)[C@H](CCCNC(N)=O)NC(=O)[C@@H](NC(=O)CCOCCOCCOCCOCCNC(=O)CCC(=O)N4Cc5ccccc5/C=C\c5ccccc54)C(C)C)cc3)cc2)O1. The maximum Gasteiger partial charge on any atom is 0.411 e. The van der Waals surface area contributed by atoms with Crippen LogP contribution in [0.4, 0.5) is 35.4 Å². The lowest BCUT2D eigenvalue weighted by molar-refractivity contribution is -0.234. The number of nitrogens with two attached hydrogens (primary N) is 1. The summed E-state index contributed by atoms with van der Waals surface area (Å²) in [4.78, 5) is 120. The van der Waals surface area contributed by atoms with Gasteiger partial charge in [-0.25, -0.2) is 18.4 Å². The van der Waals surface area contributed by atoms with Crippen molar-refractivity contribution in [2.24, 2.45) is 34.3 Å². The minimum atomic E-state index is -2.35. The van der Waals surface area contributed by atoms with Gasteiger partial charge in [0.05, 0.1) is 77.3 Å². The summed E-state index contributed by atoms with van der Waals surface area (Å²) < 4.78 is 81.0. The molecule has 2 unspecified atom stereocenters. The highest BCUT2D eigenvalue weighted by atomic mass is 19.1. The number of halogens is 2. The molecule has 12 atom stereocenters. The number of urea groups is 1. The van der Waals surface area contributed by atoms with E-state index in [9.17, 15) is 48.3 Å². The molecule has 582 valence electrons. The number of Topliss-reactive ketones (excluding diaryl/α,β-unsaturated/α-hetero) is 1. The fourth-order valence-corrected chi connectivity index (χ4v) is 15.8. The van der Waals surface area contributed by atoms with E-state index in [0.717, 1.165) is 28.5 Å². The number of fused-ring (bicyclic) bond motifs is 9. The molecule has 0 radical (unpaired) electrons. The van der Waals surface area contributed by atoms with Crippen molar-refractivity contribution >= 4 is 82.4 Å². The van der Waals surface area contributed by atoms with Crippen molar-refractivity contribution in [3.63, 3.8) is 0 Å². The van der Waals surface area contributed by atoms with Crippen molar-refractivity contribution in [3.8, 4) is 5.75 Å². The molecule has 2 aliphatic heterocycles. The van der Waals surface area contributed by atoms with Gasteiger partial charge in [-0.1, -0.05) is 107 Å². The van der Waals surface area contributed by atoms with Gasteiger partial charge in [-0.05, 0) is 140 Å². The third-order valence-electron chi connectivity index (χ3n) is 21.4. The molecule has 4 fully saturated rings. The maximum atomic E-state index is 18.0. The molecule has 4 aliphatic carbocycles. The Hall–Kier alpha value is -9.29. The molecule has 2 heterocycles. The van der Waals surface area contributed by atoms with Crippen LogP contribution in [0, 0.1) is 28.6 Å². The number of hydrogen-bond acceptors (Lipinski definition) is 18. The van der Waals surface area contributed by atoms with Crippen LogP contribution >= 0.6 is 0 Å². The van der Waals surface area contributed by atoms with Crippen molar-refractivity contribution in [1.82, 2.24) is 21.3 Å². The number of carbonyl (C=O) groups is 9. The van der Waals surface area contributed by atoms with E-state index >= 15 is 8.78 Å². The maximum absolute atomic E-state index is 18.0. The van der Waals surface area contributed by atoms with Gasteiger partial charge < -0.3 is 80.2 Å². The molecule has 4 aromatic carbocycles. The molecule has 4 aromatic rings. The second-order valence-corrected chi connectivity index (χ2v) is 28.8. The highest BCUT2D eigenvalue weighted by molar-refractivity contribution is 6.02. The molecule has 0 bridgehead atoms. The van der Waals surface area contributed by atoms with E-state index in [2.05, 4.69) is 38.0 Å². The largest absolute Gasteiger partial charge is 0.486 e. The summed E-state index contributed by atoms with van der Waals surface area (Å²) in [6.07, 6.45) is 3.33. The van der Waals surface area contributed by atoms with Gasteiger partial charge in [-0.15, -0.1) is 0 Å². The summed E-state index contributed by atoms with van der Waals surface area (Å²) in [6, 6.07) is 25.3. The number of ketones is 2. The van der Waals surface area contributed by atoms with E-state index in [0.29, 0.717) is 56.1 Å². The zero-order valence-electron chi connectivity index (χ0n) is 61.8. The first-order chi connectivity index (χ1) is 51.9. The van der Waals surface area contributed by atoms with Gasteiger partial charge in [-0.3, -0.25) is 38.9 Å². The van der Waals surface area contributed by atoms with Gasteiger partial charge in [0.2, 0.25) is 35.3 Å². The molecule has 108 heavy (non-hydrogen) atoms. The van der Waals surface area contributed by atoms with E-state index in [1.54, 1.807) is 74.2 Å². The average Bonchev–Trinajstić information content (AvgIpc) is 1.44. The van der Waals surface area contributed by atoms with Gasteiger partial charge >= 0.3 is 12.1 Å². The number of nitrogens with one attached hydrogen (secondary N) is 6. The van der Waals surface area contributed by atoms with Gasteiger partial charge in [-0.2, -0.15) is 0 Å². The summed E-state index contributed by atoms with van der Waals surface area (Å²) in [7, 11) is 0. The highest BCUT2D eigenvalue weighted by Gasteiger charge is 2.80. The van der Waals surface area contributed by atoms with Crippen molar-refractivity contribution in [2.45, 2.75) is 160 Å². The Balaban J connectivity index is 0.593. The second kappa shape index (κ2) is 37.2. The predicted octanol–water partition coefficient (Wildman–Crippen LogP) is 8.68. The molecule has 28 heteroatoms. The van der Waals surface area contributed by atoms with E-state index < -0.39 is 119 Å². The minimum Gasteiger partial charge on any atom is -0.486 e. The number of anilines is 3. The van der Waals surface area contributed by atoms with Crippen LogP contribution in [0.3, 0.4) is 0 Å². The smallest absolute Gasteiger partial charge is 0.411 e. The third-order valence-corrected chi connectivity index (χ3v) is 21.4. The summed E-state index contributed by atoms with van der Waals surface area (Å²) in [6.45, 7) is 10.8. The van der Waals surface area contributed by atoms with Crippen molar-refractivity contribution in [1.29, 1.82) is 0 Å². The molecule has 0 aromatic heterocycles. The topological polar surface area (TPSA) is 349 Å². The van der Waals surface area contributed by atoms with Gasteiger partial charge in [0.1, 0.15) is 37.2 Å². The lowest BCUT2D eigenvalue weighted by Gasteiger charge is -2.63. The lowest BCUT2D eigenvalue weighted by Crippen LogP contribution is -2.71. The van der Waals surface area contributed by atoms with Crippen molar-refractivity contribution in [2.75, 3.05) is 88.1 Å². The summed E-state index contributed by atoms with van der Waals surface area (Å²) in [5.41, 5.74) is 3.48. The van der Waals surface area contributed by atoms with Crippen LogP contribution in [-0.4, -0.2) is 179 Å². The number of benzene rings is 4. The Labute approximate surface area is 627 Å². The first-order valence-electron chi connectivity index (χ1n) is 37.1. The number of primary amides is 1.